The Labute approximate surface area is 230 Å². The van der Waals surface area contributed by atoms with Crippen LogP contribution in [0, 0.1) is 0 Å². The molecule has 0 radical (unpaired) electrons. The molecule has 2 nitrogen and oxygen atoms in total. The molecule has 0 heterocycles. The van der Waals surface area contributed by atoms with Crippen molar-refractivity contribution < 1.29 is 8.85 Å². The highest BCUT2D eigenvalue weighted by molar-refractivity contribution is 6.67. The first kappa shape index (κ1) is 36.1. The maximum Gasteiger partial charge on any atom is 0.338 e. The summed E-state index contributed by atoms with van der Waals surface area (Å²) in [5, 5.41) is 0. The predicted octanol–water partition coefficient (Wildman–Crippen LogP) is 12.3. The van der Waals surface area contributed by atoms with Crippen molar-refractivity contribution in [1.82, 2.24) is 0 Å². The number of unbranched alkanes of at least 4 members (excludes halogenated alkanes) is 23. The standard InChI is InChI=1S/C33H70O2Si/c1-5-9-11-13-15-16-17-18-19-20-21-22-23-24-25-27-29-31-33-36(34-7-3,35-8-4)32-30-28-26-14-12-10-6-2/h5-33H2,1-4H3. The minimum absolute atomic E-state index is 0.821. The van der Waals surface area contributed by atoms with Crippen molar-refractivity contribution in [3.63, 3.8) is 0 Å². The summed E-state index contributed by atoms with van der Waals surface area (Å²) in [5.41, 5.74) is 0. The van der Waals surface area contributed by atoms with Crippen molar-refractivity contribution in [1.29, 1.82) is 0 Å². The van der Waals surface area contributed by atoms with Gasteiger partial charge in [0.2, 0.25) is 0 Å². The summed E-state index contributed by atoms with van der Waals surface area (Å²) in [7, 11) is -1.98. The molecule has 0 unspecified atom stereocenters. The van der Waals surface area contributed by atoms with Crippen molar-refractivity contribution in [2.45, 2.75) is 200 Å². The first-order chi connectivity index (χ1) is 17.7. The molecule has 0 rings (SSSR count). The highest BCUT2D eigenvalue weighted by Crippen LogP contribution is 2.26. The van der Waals surface area contributed by atoms with Crippen LogP contribution in [0.1, 0.15) is 188 Å². The van der Waals surface area contributed by atoms with Crippen molar-refractivity contribution in [3.8, 4) is 0 Å². The third-order valence-corrected chi connectivity index (χ3v) is 11.7. The lowest BCUT2D eigenvalue weighted by Gasteiger charge is -2.30. The Balaban J connectivity index is 3.68. The van der Waals surface area contributed by atoms with E-state index < -0.39 is 8.56 Å². The molecule has 0 aliphatic carbocycles. The van der Waals surface area contributed by atoms with E-state index in [1.807, 2.05) is 0 Å². The molecule has 0 aliphatic rings. The molecule has 0 aliphatic heterocycles. The predicted molar refractivity (Wildman–Crippen MR) is 165 cm³/mol. The Hall–Kier alpha value is 0.137. The largest absolute Gasteiger partial charge is 0.394 e. The summed E-state index contributed by atoms with van der Waals surface area (Å²) < 4.78 is 12.7. The van der Waals surface area contributed by atoms with Crippen LogP contribution in [0.2, 0.25) is 12.1 Å². The molecule has 0 amide bonds. The first-order valence-corrected chi connectivity index (χ1v) is 19.3. The van der Waals surface area contributed by atoms with Gasteiger partial charge in [-0.05, 0) is 25.9 Å². The molecule has 0 spiro atoms. The molecular formula is C33H70O2Si. The van der Waals surface area contributed by atoms with Crippen molar-refractivity contribution in [2.24, 2.45) is 0 Å². The Morgan fingerprint density at radius 2 is 0.528 bits per heavy atom. The second-order valence-corrected chi connectivity index (χ2v) is 14.8. The first-order valence-electron chi connectivity index (χ1n) is 17.0. The smallest absolute Gasteiger partial charge is 0.338 e. The van der Waals surface area contributed by atoms with E-state index in [2.05, 4.69) is 27.7 Å². The third-order valence-electron chi connectivity index (χ3n) is 7.89. The van der Waals surface area contributed by atoms with Gasteiger partial charge in [-0.2, -0.15) is 0 Å². The lowest BCUT2D eigenvalue weighted by atomic mass is 10.0. The van der Waals surface area contributed by atoms with Crippen LogP contribution in [0.3, 0.4) is 0 Å². The van der Waals surface area contributed by atoms with Crippen LogP contribution in [-0.4, -0.2) is 21.8 Å². The summed E-state index contributed by atoms with van der Waals surface area (Å²) in [5.74, 6) is 0. The third kappa shape index (κ3) is 24.5. The second-order valence-electron chi connectivity index (χ2n) is 11.4. The number of hydrogen-bond donors (Lipinski definition) is 0. The highest BCUT2D eigenvalue weighted by atomic mass is 28.4. The van der Waals surface area contributed by atoms with E-state index in [0.717, 1.165) is 13.2 Å². The monoisotopic (exact) mass is 527 g/mol. The zero-order chi connectivity index (χ0) is 26.4. The van der Waals surface area contributed by atoms with Gasteiger partial charge in [0.05, 0.1) is 0 Å². The zero-order valence-electron chi connectivity index (χ0n) is 25.8. The quantitative estimate of drug-likeness (QED) is 0.0660. The van der Waals surface area contributed by atoms with Crippen LogP contribution < -0.4 is 0 Å². The van der Waals surface area contributed by atoms with E-state index in [1.165, 1.54) is 173 Å². The molecule has 0 N–H and O–H groups in total. The Kier molecular flexibility index (Phi) is 29.8. The summed E-state index contributed by atoms with van der Waals surface area (Å²) >= 11 is 0. The van der Waals surface area contributed by atoms with Gasteiger partial charge in [-0.3, -0.25) is 0 Å². The Bertz CT molecular complexity index is 395. The van der Waals surface area contributed by atoms with E-state index >= 15 is 0 Å². The van der Waals surface area contributed by atoms with E-state index in [4.69, 9.17) is 8.85 Å². The van der Waals surface area contributed by atoms with Gasteiger partial charge >= 0.3 is 8.56 Å². The molecule has 0 saturated carbocycles. The van der Waals surface area contributed by atoms with Gasteiger partial charge in [-0.25, -0.2) is 0 Å². The van der Waals surface area contributed by atoms with Gasteiger partial charge in [0.1, 0.15) is 0 Å². The fraction of sp³-hybridized carbons (Fsp3) is 1.00. The summed E-state index contributed by atoms with van der Waals surface area (Å²) in [6.45, 7) is 10.5. The zero-order valence-corrected chi connectivity index (χ0v) is 26.8. The van der Waals surface area contributed by atoms with Gasteiger partial charge < -0.3 is 8.85 Å². The van der Waals surface area contributed by atoms with Crippen LogP contribution in [0.15, 0.2) is 0 Å². The second kappa shape index (κ2) is 29.7. The van der Waals surface area contributed by atoms with E-state index in [0.29, 0.717) is 0 Å². The molecule has 3 heteroatoms. The van der Waals surface area contributed by atoms with Crippen LogP contribution >= 0.6 is 0 Å². The fourth-order valence-corrected chi connectivity index (χ4v) is 9.17. The molecule has 36 heavy (non-hydrogen) atoms. The van der Waals surface area contributed by atoms with Crippen LogP contribution in [-0.2, 0) is 8.85 Å². The fourth-order valence-electron chi connectivity index (χ4n) is 5.63. The van der Waals surface area contributed by atoms with Crippen molar-refractivity contribution >= 4 is 8.56 Å². The van der Waals surface area contributed by atoms with Crippen LogP contribution in [0.4, 0.5) is 0 Å². The van der Waals surface area contributed by atoms with E-state index in [1.54, 1.807) is 0 Å². The Morgan fingerprint density at radius 1 is 0.306 bits per heavy atom. The van der Waals surface area contributed by atoms with Gasteiger partial charge in [-0.15, -0.1) is 0 Å². The molecular weight excluding hydrogens is 456 g/mol. The Morgan fingerprint density at radius 3 is 0.750 bits per heavy atom. The van der Waals surface area contributed by atoms with Crippen molar-refractivity contribution in [2.75, 3.05) is 13.2 Å². The average Bonchev–Trinajstić information content (AvgIpc) is 2.88. The topological polar surface area (TPSA) is 18.5 Å². The average molecular weight is 527 g/mol. The maximum atomic E-state index is 6.36. The molecule has 0 aromatic heterocycles. The molecule has 0 saturated heterocycles. The number of hydrogen-bond acceptors (Lipinski definition) is 2. The molecule has 0 fully saturated rings. The van der Waals surface area contributed by atoms with Crippen LogP contribution in [0.25, 0.3) is 0 Å². The van der Waals surface area contributed by atoms with Crippen LogP contribution in [0.5, 0.6) is 0 Å². The normalized spacial score (nSPS) is 12.0. The molecule has 0 atom stereocenters. The SMILES string of the molecule is CCCCCCCCCCCCCCCCCCCC[Si](CCCCCCCCC)(OCC)OCC. The van der Waals surface area contributed by atoms with E-state index in [-0.39, 0.29) is 0 Å². The molecule has 218 valence electrons. The maximum absolute atomic E-state index is 6.36. The lowest BCUT2D eigenvalue weighted by Crippen LogP contribution is -2.42. The lowest BCUT2D eigenvalue weighted by molar-refractivity contribution is 0.180. The van der Waals surface area contributed by atoms with Gasteiger partial charge in [-0.1, -0.05) is 174 Å². The minimum atomic E-state index is -1.98. The van der Waals surface area contributed by atoms with Gasteiger partial charge in [0.25, 0.3) is 0 Å². The molecule has 0 aromatic carbocycles. The minimum Gasteiger partial charge on any atom is -0.394 e. The van der Waals surface area contributed by atoms with Crippen molar-refractivity contribution in [3.05, 3.63) is 0 Å². The summed E-state index contributed by atoms with van der Waals surface area (Å²) in [6.07, 6.45) is 35.5. The molecule has 0 bridgehead atoms. The van der Waals surface area contributed by atoms with Gasteiger partial charge in [0.15, 0.2) is 0 Å². The summed E-state index contributed by atoms with van der Waals surface area (Å²) in [4.78, 5) is 0. The molecule has 0 aromatic rings. The number of rotatable bonds is 31. The van der Waals surface area contributed by atoms with E-state index in [9.17, 15) is 0 Å². The highest BCUT2D eigenvalue weighted by Gasteiger charge is 2.35. The summed E-state index contributed by atoms with van der Waals surface area (Å²) in [6, 6.07) is 2.42. The van der Waals surface area contributed by atoms with Gasteiger partial charge in [0, 0.05) is 13.2 Å².